The summed E-state index contributed by atoms with van der Waals surface area (Å²) >= 11 is 0. The molecule has 0 bridgehead atoms. The topological polar surface area (TPSA) is 26.6 Å². The third-order valence-electron chi connectivity index (χ3n) is 13.9. The predicted molar refractivity (Wildman–Crippen MR) is 264 cm³/mol. The minimum absolute atomic E-state index is 0.509. The smallest absolute Gasteiger partial charge is 0.194 e. The summed E-state index contributed by atoms with van der Waals surface area (Å²) in [6, 6.07) is 82.8. The third-order valence-corrected chi connectivity index (χ3v) is 13.9. The van der Waals surface area contributed by atoms with Crippen molar-refractivity contribution >= 4 is 38.9 Å². The van der Waals surface area contributed by atoms with E-state index in [1.165, 1.54) is 44.2 Å². The first-order valence-corrected chi connectivity index (χ1v) is 22.3. The third kappa shape index (κ3) is 4.96. The minimum Gasteiger partial charge on any atom is -0.449 e. The number of nitrogens with zero attached hydrogens (tertiary/aromatic N) is 2. The highest BCUT2D eigenvalue weighted by Gasteiger charge is 2.53. The molecule has 2 aliphatic carbocycles. The van der Waals surface area contributed by atoms with Crippen LogP contribution in [0.3, 0.4) is 0 Å². The zero-order valence-electron chi connectivity index (χ0n) is 35.2. The Labute approximate surface area is 376 Å². The van der Waals surface area contributed by atoms with Gasteiger partial charge in [-0.1, -0.05) is 176 Å². The van der Waals surface area contributed by atoms with Crippen molar-refractivity contribution in [2.45, 2.75) is 5.41 Å². The lowest BCUT2D eigenvalue weighted by Crippen LogP contribution is -2.25. The van der Waals surface area contributed by atoms with E-state index in [1.807, 2.05) is 6.07 Å². The fourth-order valence-electron chi connectivity index (χ4n) is 11.3. The molecule has 11 aromatic rings. The van der Waals surface area contributed by atoms with Gasteiger partial charge >= 0.3 is 0 Å². The number of benzene rings is 10. The van der Waals surface area contributed by atoms with Gasteiger partial charge < -0.3 is 18.9 Å². The van der Waals surface area contributed by atoms with E-state index in [9.17, 15) is 0 Å². The minimum atomic E-state index is -0.509. The second-order valence-electron chi connectivity index (χ2n) is 17.1. The van der Waals surface area contributed by atoms with Crippen LogP contribution in [0.15, 0.2) is 231 Å². The van der Waals surface area contributed by atoms with Gasteiger partial charge in [0.05, 0.1) is 27.8 Å². The predicted octanol–water partition coefficient (Wildman–Crippen LogP) is 16.2. The number of rotatable bonds is 5. The van der Waals surface area contributed by atoms with Crippen LogP contribution in [0.1, 0.15) is 22.3 Å². The molecule has 4 heteroatoms. The van der Waals surface area contributed by atoms with Crippen molar-refractivity contribution in [2.24, 2.45) is 0 Å². The van der Waals surface area contributed by atoms with E-state index < -0.39 is 5.41 Å². The van der Waals surface area contributed by atoms with Crippen molar-refractivity contribution in [1.82, 2.24) is 4.57 Å². The van der Waals surface area contributed by atoms with E-state index >= 15 is 0 Å². The van der Waals surface area contributed by atoms with Gasteiger partial charge in [0, 0.05) is 33.3 Å². The fraction of sp³-hybridized carbons (Fsp3) is 0.0164. The van der Waals surface area contributed by atoms with Crippen LogP contribution in [0.5, 0.6) is 23.0 Å². The van der Waals surface area contributed by atoms with E-state index in [2.05, 4.69) is 234 Å². The van der Waals surface area contributed by atoms with Gasteiger partial charge in [-0.2, -0.15) is 0 Å². The molecule has 0 saturated carbocycles. The first-order chi connectivity index (χ1) is 32.3. The number of hydrogen-bond donors (Lipinski definition) is 0. The second kappa shape index (κ2) is 13.7. The van der Waals surface area contributed by atoms with Gasteiger partial charge in [0.2, 0.25) is 0 Å². The Morgan fingerprint density at radius 1 is 0.369 bits per heavy atom. The molecule has 0 unspecified atom stereocenters. The number of para-hydroxylation sites is 4. The van der Waals surface area contributed by atoms with Gasteiger partial charge in [-0.25, -0.2) is 0 Å². The molecule has 14 rings (SSSR count). The molecule has 1 spiro atoms. The lowest BCUT2D eigenvalue weighted by atomic mass is 9.70. The molecule has 4 nitrogen and oxygen atoms in total. The van der Waals surface area contributed by atoms with Gasteiger partial charge in [0.15, 0.2) is 23.0 Å². The van der Waals surface area contributed by atoms with E-state index in [0.717, 1.165) is 61.8 Å². The maximum atomic E-state index is 7.51. The molecule has 2 heterocycles. The Morgan fingerprint density at radius 3 is 1.72 bits per heavy atom. The van der Waals surface area contributed by atoms with Crippen LogP contribution < -0.4 is 14.4 Å². The highest BCUT2D eigenvalue weighted by atomic mass is 16.6. The Hall–Kier alpha value is -8.60. The fourth-order valence-corrected chi connectivity index (χ4v) is 11.3. The molecule has 10 aromatic carbocycles. The molecule has 1 aromatic heterocycles. The van der Waals surface area contributed by atoms with Gasteiger partial charge in [0.25, 0.3) is 0 Å². The number of hydrogen-bond acceptors (Lipinski definition) is 3. The van der Waals surface area contributed by atoms with Crippen LogP contribution in [-0.4, -0.2) is 4.57 Å². The summed E-state index contributed by atoms with van der Waals surface area (Å²) in [7, 11) is 0. The molecule has 0 fully saturated rings. The van der Waals surface area contributed by atoms with Gasteiger partial charge in [-0.05, 0) is 99.1 Å². The monoisotopic (exact) mass is 830 g/mol. The molecule has 0 saturated heterocycles. The highest BCUT2D eigenvalue weighted by Crippen LogP contribution is 2.67. The number of ether oxygens (including phenoxy) is 2. The van der Waals surface area contributed by atoms with Crippen molar-refractivity contribution in [3.05, 3.63) is 253 Å². The van der Waals surface area contributed by atoms with Crippen molar-refractivity contribution in [3.63, 3.8) is 0 Å². The maximum absolute atomic E-state index is 7.51. The second-order valence-corrected chi connectivity index (χ2v) is 17.1. The summed E-state index contributed by atoms with van der Waals surface area (Å²) < 4.78 is 16.9. The molecular weight excluding hydrogens is 793 g/mol. The number of fused-ring (bicyclic) bond motifs is 16. The molecule has 0 amide bonds. The molecule has 65 heavy (non-hydrogen) atoms. The van der Waals surface area contributed by atoms with E-state index in [1.54, 1.807) is 0 Å². The van der Waals surface area contributed by atoms with Crippen molar-refractivity contribution in [2.75, 3.05) is 4.90 Å². The van der Waals surface area contributed by atoms with Crippen molar-refractivity contribution in [1.29, 1.82) is 0 Å². The summed E-state index contributed by atoms with van der Waals surface area (Å²) in [6.45, 7) is 0. The lowest BCUT2D eigenvalue weighted by Gasteiger charge is -2.33. The normalized spacial score (nSPS) is 13.3. The lowest BCUT2D eigenvalue weighted by molar-refractivity contribution is 0.361. The van der Waals surface area contributed by atoms with Crippen LogP contribution in [-0.2, 0) is 5.41 Å². The highest BCUT2D eigenvalue weighted by molar-refractivity contribution is 6.11. The first kappa shape index (κ1) is 35.9. The molecule has 304 valence electrons. The van der Waals surface area contributed by atoms with Gasteiger partial charge in [0.1, 0.15) is 0 Å². The number of aromatic nitrogens is 1. The standard InChI is InChI=1S/C61H38N2O2/c1-3-18-39(19-4-1)42-22-10-15-30-52(42)63(41-34-35-46-45-25-11-16-31-53(45)62(55(46)38-41)40-20-5-2-6-21-40)54-32-17-33-56-59(54)65-60-57(64-56)37-36-51-58(60)47-26-9-14-29-50(47)61(51)48-27-12-7-23-43(48)44-24-8-13-28-49(44)61/h1-38H. The molecule has 0 N–H and O–H groups in total. The Balaban J connectivity index is 1.01. The summed E-state index contributed by atoms with van der Waals surface area (Å²) in [5.74, 6) is 2.74. The Kier molecular flexibility index (Phi) is 7.57. The molecule has 0 atom stereocenters. The summed E-state index contributed by atoms with van der Waals surface area (Å²) in [5.41, 5.74) is 17.8. The first-order valence-electron chi connectivity index (χ1n) is 22.3. The van der Waals surface area contributed by atoms with Crippen LogP contribution in [0.25, 0.3) is 60.9 Å². The summed E-state index contributed by atoms with van der Waals surface area (Å²) in [4.78, 5) is 2.35. The van der Waals surface area contributed by atoms with E-state index in [4.69, 9.17) is 9.47 Å². The van der Waals surface area contributed by atoms with Crippen LogP contribution in [0, 0.1) is 0 Å². The van der Waals surface area contributed by atoms with Gasteiger partial charge in [-0.3, -0.25) is 0 Å². The average Bonchev–Trinajstić information content (AvgIpc) is 3.98. The zero-order valence-corrected chi connectivity index (χ0v) is 35.2. The van der Waals surface area contributed by atoms with E-state index in [0.29, 0.717) is 17.2 Å². The average molecular weight is 831 g/mol. The zero-order chi connectivity index (χ0) is 42.6. The summed E-state index contributed by atoms with van der Waals surface area (Å²) in [5, 5.41) is 2.39. The largest absolute Gasteiger partial charge is 0.449 e. The van der Waals surface area contributed by atoms with Crippen molar-refractivity contribution < 1.29 is 9.47 Å². The summed E-state index contributed by atoms with van der Waals surface area (Å²) in [6.07, 6.45) is 0. The SMILES string of the molecule is c1ccc(-c2ccccc2N(c2ccc3c4ccccc4n(-c4ccccc4)c3c2)c2cccc3c2Oc2c(ccc4c2-c2ccccc2C42c4ccccc4-c4ccccc42)O3)cc1. The van der Waals surface area contributed by atoms with Gasteiger partial charge in [-0.15, -0.1) is 0 Å². The molecule has 3 aliphatic rings. The quantitative estimate of drug-likeness (QED) is 0.173. The molecule has 0 radical (unpaired) electrons. The number of anilines is 3. The Bertz CT molecular complexity index is 3690. The van der Waals surface area contributed by atoms with Crippen molar-refractivity contribution in [3.8, 4) is 62.1 Å². The van der Waals surface area contributed by atoms with E-state index in [-0.39, 0.29) is 0 Å². The Morgan fingerprint density at radius 2 is 0.954 bits per heavy atom. The van der Waals surface area contributed by atoms with Crippen LogP contribution >= 0.6 is 0 Å². The van der Waals surface area contributed by atoms with Crippen LogP contribution in [0.4, 0.5) is 17.1 Å². The van der Waals surface area contributed by atoms with Crippen LogP contribution in [0.2, 0.25) is 0 Å². The molecule has 1 aliphatic heterocycles. The maximum Gasteiger partial charge on any atom is 0.194 e. The molecular formula is C61H38N2O2.